The van der Waals surface area contributed by atoms with Crippen molar-refractivity contribution in [3.63, 3.8) is 0 Å². The molecule has 0 saturated heterocycles. The first kappa shape index (κ1) is 11.8. The molecule has 1 aliphatic rings. The van der Waals surface area contributed by atoms with E-state index in [1.54, 1.807) is 0 Å². The standard InChI is InChI=1S/C14H16O3/c15-13(16)9-12(14(17)11-6-7-11)8-10-4-2-1-3-5-10/h1-5,11-12H,6-9H2,(H,15,16)/t12-/m1/s1. The Kier molecular flexibility index (Phi) is 3.57. The van der Waals surface area contributed by atoms with Crippen molar-refractivity contribution >= 4 is 11.8 Å². The molecule has 0 aliphatic heterocycles. The second-order valence-electron chi connectivity index (χ2n) is 4.66. The first-order valence-electron chi connectivity index (χ1n) is 5.96. The first-order chi connectivity index (χ1) is 8.16. The maximum absolute atomic E-state index is 12.0. The zero-order valence-electron chi connectivity index (χ0n) is 9.63. The van der Waals surface area contributed by atoms with Gasteiger partial charge < -0.3 is 5.11 Å². The van der Waals surface area contributed by atoms with Crippen LogP contribution < -0.4 is 0 Å². The van der Waals surface area contributed by atoms with Gasteiger partial charge in [0.15, 0.2) is 0 Å². The fraction of sp³-hybridized carbons (Fsp3) is 0.429. The van der Waals surface area contributed by atoms with E-state index in [0.29, 0.717) is 6.42 Å². The van der Waals surface area contributed by atoms with Crippen LogP contribution in [0.1, 0.15) is 24.8 Å². The lowest BCUT2D eigenvalue weighted by molar-refractivity contribution is -0.140. The number of Topliss-reactive ketones (excluding diaryl/α,β-unsaturated/α-hetero) is 1. The number of carboxylic acid groups (broad SMARTS) is 1. The lowest BCUT2D eigenvalue weighted by Crippen LogP contribution is -2.22. The number of carbonyl (C=O) groups excluding carboxylic acids is 1. The van der Waals surface area contributed by atoms with Crippen molar-refractivity contribution in [3.8, 4) is 0 Å². The Morgan fingerprint density at radius 3 is 2.41 bits per heavy atom. The van der Waals surface area contributed by atoms with Gasteiger partial charge in [0.05, 0.1) is 6.42 Å². The molecular formula is C14H16O3. The van der Waals surface area contributed by atoms with Crippen LogP contribution in [0.2, 0.25) is 0 Å². The summed E-state index contributed by atoms with van der Waals surface area (Å²) < 4.78 is 0. The topological polar surface area (TPSA) is 54.4 Å². The van der Waals surface area contributed by atoms with E-state index < -0.39 is 5.97 Å². The highest BCUT2D eigenvalue weighted by molar-refractivity contribution is 5.88. The van der Waals surface area contributed by atoms with Crippen molar-refractivity contribution in [1.29, 1.82) is 0 Å². The third-order valence-electron chi connectivity index (χ3n) is 3.13. The molecule has 1 aromatic rings. The quantitative estimate of drug-likeness (QED) is 0.818. The third kappa shape index (κ3) is 3.41. The molecule has 0 unspecified atom stereocenters. The molecule has 90 valence electrons. The van der Waals surface area contributed by atoms with Crippen molar-refractivity contribution in [2.24, 2.45) is 11.8 Å². The Hall–Kier alpha value is -1.64. The van der Waals surface area contributed by atoms with Crippen LogP contribution >= 0.6 is 0 Å². The lowest BCUT2D eigenvalue weighted by Gasteiger charge is -2.13. The van der Waals surface area contributed by atoms with E-state index in [-0.39, 0.29) is 24.0 Å². The molecule has 3 nitrogen and oxygen atoms in total. The van der Waals surface area contributed by atoms with Crippen molar-refractivity contribution in [1.82, 2.24) is 0 Å². The number of rotatable bonds is 6. The molecule has 0 radical (unpaired) electrons. The Morgan fingerprint density at radius 2 is 1.88 bits per heavy atom. The highest BCUT2D eigenvalue weighted by Crippen LogP contribution is 2.34. The number of aliphatic carboxylic acids is 1. The molecule has 0 aromatic heterocycles. The molecule has 0 spiro atoms. The van der Waals surface area contributed by atoms with E-state index in [2.05, 4.69) is 0 Å². The number of ketones is 1. The van der Waals surface area contributed by atoms with Crippen molar-refractivity contribution in [2.45, 2.75) is 25.7 Å². The molecule has 1 aromatic carbocycles. The summed E-state index contributed by atoms with van der Waals surface area (Å²) in [6.45, 7) is 0. The van der Waals surface area contributed by atoms with Gasteiger partial charge in [0.1, 0.15) is 5.78 Å². The summed E-state index contributed by atoms with van der Waals surface area (Å²) in [6.07, 6.45) is 2.36. The zero-order valence-corrected chi connectivity index (χ0v) is 9.63. The third-order valence-corrected chi connectivity index (χ3v) is 3.13. The first-order valence-corrected chi connectivity index (χ1v) is 5.96. The van der Waals surface area contributed by atoms with Crippen LogP contribution in [0.5, 0.6) is 0 Å². The van der Waals surface area contributed by atoms with Gasteiger partial charge in [-0.15, -0.1) is 0 Å². The summed E-state index contributed by atoms with van der Waals surface area (Å²) in [7, 11) is 0. The normalized spacial score (nSPS) is 16.5. The second-order valence-corrected chi connectivity index (χ2v) is 4.66. The molecule has 1 fully saturated rings. The van der Waals surface area contributed by atoms with Gasteiger partial charge in [-0.25, -0.2) is 0 Å². The molecule has 3 heteroatoms. The summed E-state index contributed by atoms with van der Waals surface area (Å²) in [6, 6.07) is 9.62. The van der Waals surface area contributed by atoms with E-state index >= 15 is 0 Å². The van der Waals surface area contributed by atoms with Gasteiger partial charge in [-0.1, -0.05) is 30.3 Å². The lowest BCUT2D eigenvalue weighted by atomic mass is 9.90. The highest BCUT2D eigenvalue weighted by Gasteiger charge is 2.35. The maximum Gasteiger partial charge on any atom is 0.304 e. The summed E-state index contributed by atoms with van der Waals surface area (Å²) in [5.41, 5.74) is 1.03. The smallest absolute Gasteiger partial charge is 0.304 e. The fourth-order valence-electron chi connectivity index (χ4n) is 2.08. The average Bonchev–Trinajstić information content (AvgIpc) is 3.12. The van der Waals surface area contributed by atoms with Gasteiger partial charge in [0, 0.05) is 11.8 Å². The van der Waals surface area contributed by atoms with E-state index in [9.17, 15) is 9.59 Å². The number of hydrogen-bond acceptors (Lipinski definition) is 2. The molecular weight excluding hydrogens is 216 g/mol. The molecule has 17 heavy (non-hydrogen) atoms. The minimum Gasteiger partial charge on any atom is -0.481 e. The van der Waals surface area contributed by atoms with E-state index in [1.807, 2.05) is 30.3 Å². The fourth-order valence-corrected chi connectivity index (χ4v) is 2.08. The largest absolute Gasteiger partial charge is 0.481 e. The number of hydrogen-bond donors (Lipinski definition) is 1. The summed E-state index contributed by atoms with van der Waals surface area (Å²) in [5, 5.41) is 8.86. The number of carbonyl (C=O) groups is 2. The van der Waals surface area contributed by atoms with Gasteiger partial charge in [-0.2, -0.15) is 0 Å². The van der Waals surface area contributed by atoms with E-state index in [4.69, 9.17) is 5.11 Å². The van der Waals surface area contributed by atoms with Gasteiger partial charge >= 0.3 is 5.97 Å². The summed E-state index contributed by atoms with van der Waals surface area (Å²) in [4.78, 5) is 22.8. The number of carboxylic acids is 1. The zero-order chi connectivity index (χ0) is 12.3. The van der Waals surface area contributed by atoms with Crippen LogP contribution in [0.4, 0.5) is 0 Å². The van der Waals surface area contributed by atoms with Gasteiger partial charge in [-0.05, 0) is 24.8 Å². The van der Waals surface area contributed by atoms with Crippen molar-refractivity contribution in [2.75, 3.05) is 0 Å². The summed E-state index contributed by atoms with van der Waals surface area (Å²) in [5.74, 6) is -0.985. The minimum atomic E-state index is -0.889. The molecule has 1 aliphatic carbocycles. The Labute approximate surface area is 100 Å². The molecule has 1 atom stereocenters. The second kappa shape index (κ2) is 5.13. The van der Waals surface area contributed by atoms with E-state index in [1.165, 1.54) is 0 Å². The molecule has 0 heterocycles. The average molecular weight is 232 g/mol. The molecule has 1 N–H and O–H groups in total. The maximum atomic E-state index is 12.0. The molecule has 0 bridgehead atoms. The van der Waals surface area contributed by atoms with Gasteiger partial charge in [0.2, 0.25) is 0 Å². The Balaban J connectivity index is 2.04. The van der Waals surface area contributed by atoms with Crippen LogP contribution in [-0.2, 0) is 16.0 Å². The van der Waals surface area contributed by atoms with Crippen LogP contribution in [0.3, 0.4) is 0 Å². The predicted molar refractivity (Wildman–Crippen MR) is 63.6 cm³/mol. The number of benzene rings is 1. The SMILES string of the molecule is O=C(O)C[C@@H](Cc1ccccc1)C(=O)C1CC1. The molecule has 0 amide bonds. The van der Waals surface area contributed by atoms with Gasteiger partial charge in [0.25, 0.3) is 0 Å². The van der Waals surface area contributed by atoms with Crippen LogP contribution in [0, 0.1) is 11.8 Å². The predicted octanol–water partition coefficient (Wildman–Crippen LogP) is 2.30. The Bertz CT molecular complexity index is 407. The minimum absolute atomic E-state index is 0.0514. The van der Waals surface area contributed by atoms with Crippen LogP contribution in [-0.4, -0.2) is 16.9 Å². The highest BCUT2D eigenvalue weighted by atomic mass is 16.4. The Morgan fingerprint density at radius 1 is 1.24 bits per heavy atom. The van der Waals surface area contributed by atoms with Crippen LogP contribution in [0.15, 0.2) is 30.3 Å². The monoisotopic (exact) mass is 232 g/mol. The van der Waals surface area contributed by atoms with E-state index in [0.717, 1.165) is 18.4 Å². The van der Waals surface area contributed by atoms with Gasteiger partial charge in [-0.3, -0.25) is 9.59 Å². The van der Waals surface area contributed by atoms with Crippen LogP contribution in [0.25, 0.3) is 0 Å². The molecule has 2 rings (SSSR count). The van der Waals surface area contributed by atoms with Crippen molar-refractivity contribution in [3.05, 3.63) is 35.9 Å². The molecule has 1 saturated carbocycles. The van der Waals surface area contributed by atoms with Crippen molar-refractivity contribution < 1.29 is 14.7 Å². The summed E-state index contributed by atoms with van der Waals surface area (Å²) >= 11 is 0.